The van der Waals surface area contributed by atoms with Crippen LogP contribution >= 0.6 is 29.6 Å². The third-order valence-corrected chi connectivity index (χ3v) is 30.5. The summed E-state index contributed by atoms with van der Waals surface area (Å²) in [7, 11) is -1.95. The molecular weight excluding hydrogens is 588 g/mol. The summed E-state index contributed by atoms with van der Waals surface area (Å²) in [6.45, 7) is 50.0. The van der Waals surface area contributed by atoms with E-state index in [1.54, 1.807) is 0 Å². The normalized spacial score (nSPS) is 20.2. The van der Waals surface area contributed by atoms with Crippen molar-refractivity contribution in [1.29, 1.82) is 0 Å². The Bertz CT molecular complexity index is 1030. The Morgan fingerprint density at radius 2 is 0.476 bits per heavy atom. The summed E-state index contributed by atoms with van der Waals surface area (Å²) < 4.78 is 0. The molecule has 0 saturated carbocycles. The van der Waals surface area contributed by atoms with E-state index in [-0.39, 0.29) is 41.2 Å². The van der Waals surface area contributed by atoms with Gasteiger partial charge in [-0.2, -0.15) is 0 Å². The zero-order chi connectivity index (χ0) is 34.5. The second kappa shape index (κ2) is 11.2. The summed E-state index contributed by atoms with van der Waals surface area (Å²) in [5.74, 6) is 0. The second-order valence-electron chi connectivity index (χ2n) is 20.6. The lowest BCUT2D eigenvalue weighted by atomic mass is 10.2. The number of hydrogen-bond donors (Lipinski definition) is 0. The van der Waals surface area contributed by atoms with E-state index in [0.717, 1.165) is 10.1 Å². The lowest BCUT2D eigenvalue weighted by Gasteiger charge is -2.62. The van der Waals surface area contributed by atoms with Gasteiger partial charge in [0.25, 0.3) is 0 Å². The predicted octanol–water partition coefficient (Wildman–Crippen LogP) is 12.7. The molecule has 2 nitrogen and oxygen atoms in total. The summed E-state index contributed by atoms with van der Waals surface area (Å²) in [5.41, 5.74) is 0.847. The average molecular weight is 661 g/mol. The van der Waals surface area contributed by atoms with Gasteiger partial charge in [-0.1, -0.05) is 182 Å². The molecule has 248 valence electrons. The first-order valence-corrected chi connectivity index (χ1v) is 22.3. The molecule has 0 amide bonds. The second-order valence-corrected chi connectivity index (χ2v) is 38.7. The lowest BCUT2D eigenvalue weighted by Crippen LogP contribution is -2.52. The fraction of sp³-hybridized carbons (Fsp3) is 0.889. The van der Waals surface area contributed by atoms with Crippen LogP contribution in [-0.2, 0) is 9.59 Å². The average Bonchev–Trinajstić information content (AvgIpc) is 2.56. The number of carbonyl (C=O) groups excluding carboxylic acids is 2. The van der Waals surface area contributed by atoms with Crippen LogP contribution in [0.1, 0.15) is 166 Å². The Kier molecular flexibility index (Phi) is 10.9. The van der Waals surface area contributed by atoms with Crippen LogP contribution in [0, 0.1) is 0 Å². The predicted molar refractivity (Wildman–Crippen MR) is 206 cm³/mol. The summed E-state index contributed by atoms with van der Waals surface area (Å²) in [6, 6.07) is 0. The molecular formula is C36H72O2P4. The molecule has 0 bridgehead atoms. The zero-order valence-corrected chi connectivity index (χ0v) is 36.2. The van der Waals surface area contributed by atoms with Gasteiger partial charge in [0.1, 0.15) is 0 Å². The van der Waals surface area contributed by atoms with Crippen molar-refractivity contribution < 1.29 is 9.59 Å². The number of carbonyl (C=O) groups is 2. The highest BCUT2D eigenvalue weighted by Crippen LogP contribution is 2.87. The standard InChI is InChI=1S/C36H72O2P4/c1-29(2,3)39(30(4,5)6)27-25(37)42(35(19,20)21,36(22,23)24)28(40(31(7,8)9)32(10,11)12)26(38)41(27,33(13,14)15)34(16,17)18/h1-24H3. The molecule has 6 heteroatoms. The molecule has 0 radical (unpaired) electrons. The minimum absolute atomic E-state index is 0.123. The van der Waals surface area contributed by atoms with Gasteiger partial charge in [-0.05, 0) is 55.0 Å². The minimum atomic E-state index is -2.77. The van der Waals surface area contributed by atoms with Gasteiger partial charge in [-0.3, -0.25) is 9.59 Å². The van der Waals surface area contributed by atoms with E-state index in [1.165, 1.54) is 0 Å². The lowest BCUT2D eigenvalue weighted by molar-refractivity contribution is -0.107. The smallest absolute Gasteiger partial charge is 0.186 e. The van der Waals surface area contributed by atoms with Gasteiger partial charge in [0.15, 0.2) is 11.0 Å². The molecule has 1 heterocycles. The van der Waals surface area contributed by atoms with Gasteiger partial charge >= 0.3 is 0 Å². The topological polar surface area (TPSA) is 34.1 Å². The molecule has 0 N–H and O–H groups in total. The molecule has 1 aliphatic rings. The minimum Gasteiger partial charge on any atom is -0.289 e. The molecule has 0 fully saturated rings. The van der Waals surface area contributed by atoms with Gasteiger partial charge in [0, 0.05) is 10.1 Å². The third-order valence-electron chi connectivity index (χ3n) is 8.76. The Hall–Kier alpha value is 0.800. The monoisotopic (exact) mass is 660 g/mol. The van der Waals surface area contributed by atoms with E-state index in [2.05, 4.69) is 166 Å². The molecule has 0 aromatic heterocycles. The SMILES string of the molecule is CC(C)(C)P(C1=P(C(C)(C)C)(C(C)(C)C)C(=O)C(P(C(C)(C)C)C(C)(C)C)=P(C(C)(C)C)(C(C)(C)C)C1=O)C(C)(C)C. The van der Waals surface area contributed by atoms with Crippen molar-refractivity contribution in [2.45, 2.75) is 207 Å². The van der Waals surface area contributed by atoms with Crippen LogP contribution in [0.4, 0.5) is 0 Å². The fourth-order valence-electron chi connectivity index (χ4n) is 9.06. The van der Waals surface area contributed by atoms with Crippen LogP contribution in [0.3, 0.4) is 0 Å². The maximum Gasteiger partial charge on any atom is 0.186 e. The van der Waals surface area contributed by atoms with Crippen LogP contribution < -0.4 is 0 Å². The molecule has 1 rings (SSSR count). The van der Waals surface area contributed by atoms with Crippen molar-refractivity contribution in [3.8, 4) is 0 Å². The van der Waals surface area contributed by atoms with E-state index in [0.29, 0.717) is 11.0 Å². The molecule has 1 aliphatic heterocycles. The molecule has 42 heavy (non-hydrogen) atoms. The van der Waals surface area contributed by atoms with Crippen molar-refractivity contribution in [1.82, 2.24) is 0 Å². The molecule has 0 atom stereocenters. The van der Waals surface area contributed by atoms with Crippen molar-refractivity contribution in [2.24, 2.45) is 0 Å². The molecule has 0 aromatic carbocycles. The number of hydrogen-bond acceptors (Lipinski definition) is 2. The van der Waals surface area contributed by atoms with Gasteiger partial charge in [-0.15, -0.1) is 0 Å². The first-order chi connectivity index (χ1) is 17.8. The molecule has 0 aliphatic carbocycles. The van der Waals surface area contributed by atoms with E-state index >= 15 is 9.59 Å². The summed E-state index contributed by atoms with van der Waals surface area (Å²) in [4.78, 5) is 33.2. The highest BCUT2D eigenvalue weighted by atomic mass is 31.2. The van der Waals surface area contributed by atoms with Gasteiger partial charge in [-0.25, -0.2) is 0 Å². The largest absolute Gasteiger partial charge is 0.289 e. The number of rotatable bonds is 2. The molecule has 0 aromatic rings. The maximum atomic E-state index is 16.6. The zero-order valence-electron chi connectivity index (χ0n) is 32.6. The first kappa shape index (κ1) is 40.8. The maximum absolute atomic E-state index is 16.6. The van der Waals surface area contributed by atoms with Crippen LogP contribution in [0.2, 0.25) is 0 Å². The van der Waals surface area contributed by atoms with Crippen molar-refractivity contribution in [2.75, 3.05) is 0 Å². The fourth-order valence-corrected chi connectivity index (χ4v) is 40.0. The van der Waals surface area contributed by atoms with E-state index in [9.17, 15) is 0 Å². The summed E-state index contributed by atoms with van der Waals surface area (Å²) in [6.07, 6.45) is 0. The van der Waals surface area contributed by atoms with Gasteiger partial charge < -0.3 is 0 Å². The van der Waals surface area contributed by atoms with Crippen molar-refractivity contribution in [3.63, 3.8) is 0 Å². The Balaban J connectivity index is 5.31. The highest BCUT2D eigenvalue weighted by Gasteiger charge is 2.66. The third kappa shape index (κ3) is 6.36. The molecule has 0 saturated heterocycles. The Morgan fingerprint density at radius 1 is 0.333 bits per heavy atom. The van der Waals surface area contributed by atoms with E-state index in [1.807, 2.05) is 0 Å². The summed E-state index contributed by atoms with van der Waals surface area (Å²) in [5, 5.41) is 0.340. The van der Waals surface area contributed by atoms with E-state index < -0.39 is 29.6 Å². The summed E-state index contributed by atoms with van der Waals surface area (Å²) >= 11 is 0. The van der Waals surface area contributed by atoms with Crippen LogP contribution in [0.5, 0.6) is 0 Å². The molecule has 0 spiro atoms. The molecule has 0 unspecified atom stereocenters. The van der Waals surface area contributed by atoms with Gasteiger partial charge in [0.2, 0.25) is 0 Å². The first-order valence-electron chi connectivity index (χ1n) is 16.0. The van der Waals surface area contributed by atoms with Crippen molar-refractivity contribution >= 4 is 50.7 Å². The quantitative estimate of drug-likeness (QED) is 0.276. The van der Waals surface area contributed by atoms with Gasteiger partial charge in [0.05, 0.1) is 0 Å². The Morgan fingerprint density at radius 3 is 0.571 bits per heavy atom. The van der Waals surface area contributed by atoms with Crippen LogP contribution in [0.15, 0.2) is 0 Å². The van der Waals surface area contributed by atoms with Crippen LogP contribution in [-0.4, -0.2) is 62.4 Å². The van der Waals surface area contributed by atoms with Crippen molar-refractivity contribution in [3.05, 3.63) is 0 Å². The Labute approximate surface area is 267 Å². The van der Waals surface area contributed by atoms with Crippen LogP contribution in [0.25, 0.3) is 0 Å². The van der Waals surface area contributed by atoms with E-state index in [4.69, 9.17) is 0 Å². The highest BCUT2D eigenvalue weighted by molar-refractivity contribution is 8.23.